The van der Waals surface area contributed by atoms with Crippen molar-refractivity contribution in [3.05, 3.63) is 73.8 Å². The molecule has 0 spiro atoms. The molecule has 0 saturated carbocycles. The van der Waals surface area contributed by atoms with E-state index in [1.54, 1.807) is 13.1 Å². The number of alkyl halides is 3. The Balaban J connectivity index is 2.28. The van der Waals surface area contributed by atoms with Crippen molar-refractivity contribution in [2.24, 2.45) is 12.0 Å². The minimum Gasteiger partial charge on any atom is -0.459 e. The van der Waals surface area contributed by atoms with E-state index in [1.807, 2.05) is 6.92 Å². The Hall–Kier alpha value is -3.60. The highest BCUT2D eigenvalue weighted by molar-refractivity contribution is 5.81. The molecule has 8 nitrogen and oxygen atoms in total. The lowest BCUT2D eigenvalue weighted by molar-refractivity contribution is -0.137. The van der Waals surface area contributed by atoms with Gasteiger partial charge in [0.1, 0.15) is 17.3 Å². The van der Waals surface area contributed by atoms with Crippen molar-refractivity contribution in [2.45, 2.75) is 51.9 Å². The first kappa shape index (κ1) is 27.0. The third-order valence-electron chi connectivity index (χ3n) is 5.96. The van der Waals surface area contributed by atoms with Gasteiger partial charge in [0.2, 0.25) is 0 Å². The number of nitrogens with zero attached hydrogens (tertiary/aromatic N) is 3. The number of nitrogens with one attached hydrogen (secondary N) is 1. The molecule has 1 aliphatic rings. The number of aliphatic imine (C=N–C) groups is 1. The molecule has 0 saturated heterocycles. The molecule has 2 aromatic rings. The Labute approximate surface area is 206 Å². The van der Waals surface area contributed by atoms with E-state index in [9.17, 15) is 27.9 Å². The number of ether oxygens (including phenoxy) is 1. The number of fused-ring (bicyclic) bond motifs is 1. The second-order valence-electron chi connectivity index (χ2n) is 8.44. The van der Waals surface area contributed by atoms with Crippen LogP contribution in [0.5, 0.6) is 5.75 Å². The van der Waals surface area contributed by atoms with Crippen molar-refractivity contribution >= 4 is 18.1 Å². The zero-order chi connectivity index (χ0) is 26.6. The second-order valence-corrected chi connectivity index (χ2v) is 8.44. The minimum atomic E-state index is -4.55. The SMILES string of the molecule is C=N/C=C(\CC)CC1=C(Oc2cccc(C(F)(F)F)c2)C(C)Nc2c1c(=O)n(CCCO)c(=O)n2C. The molecule has 0 radical (unpaired) electrons. The monoisotopic (exact) mass is 506 g/mol. The molecule has 2 N–H and O–H groups in total. The molecule has 3 rings (SSSR count). The molecule has 11 heteroatoms. The van der Waals surface area contributed by atoms with Crippen LogP contribution in [-0.2, 0) is 19.8 Å². The van der Waals surface area contributed by atoms with Crippen LogP contribution in [-0.4, -0.2) is 33.6 Å². The van der Waals surface area contributed by atoms with Gasteiger partial charge >= 0.3 is 11.9 Å². The van der Waals surface area contributed by atoms with Crippen molar-refractivity contribution in [2.75, 3.05) is 11.9 Å². The quantitative estimate of drug-likeness (QED) is 0.502. The molecule has 1 aromatic heterocycles. The molecular weight excluding hydrogens is 477 g/mol. The Morgan fingerprint density at radius 3 is 2.67 bits per heavy atom. The Bertz CT molecular complexity index is 1320. The first-order valence-corrected chi connectivity index (χ1v) is 11.5. The number of aliphatic hydroxyl groups is 1. The largest absolute Gasteiger partial charge is 0.459 e. The molecule has 1 unspecified atom stereocenters. The number of anilines is 1. The summed E-state index contributed by atoms with van der Waals surface area (Å²) < 4.78 is 48.2. The molecule has 1 aliphatic heterocycles. The number of hydrogen-bond donors (Lipinski definition) is 2. The molecular formula is C25H29F3N4O4. The standard InChI is InChI=1S/C25H29F3N4O4/c1-5-16(14-29-3)12-19-20-22(31(4)24(35)32(23(20)34)10-7-11-33)30-15(2)21(19)36-18-9-6-8-17(13-18)25(26,27)28/h6,8-9,13-15,30,33H,3,5,7,10-12H2,1-2,4H3/b16-14+. The van der Waals surface area contributed by atoms with Crippen LogP contribution in [0.2, 0.25) is 0 Å². The van der Waals surface area contributed by atoms with Gasteiger partial charge in [0.15, 0.2) is 0 Å². The van der Waals surface area contributed by atoms with Crippen molar-refractivity contribution in [3.63, 3.8) is 0 Å². The van der Waals surface area contributed by atoms with Crippen molar-refractivity contribution in [3.8, 4) is 5.75 Å². The molecule has 0 bridgehead atoms. The summed E-state index contributed by atoms with van der Waals surface area (Å²) in [6.07, 6.45) is -2.01. The summed E-state index contributed by atoms with van der Waals surface area (Å²) in [5.41, 5.74) is -0.573. The molecule has 0 aliphatic carbocycles. The topological polar surface area (TPSA) is 97.8 Å². The van der Waals surface area contributed by atoms with E-state index >= 15 is 0 Å². The number of aromatic nitrogens is 2. The van der Waals surface area contributed by atoms with Crippen molar-refractivity contribution < 1.29 is 23.0 Å². The lowest BCUT2D eigenvalue weighted by Gasteiger charge is -2.31. The fourth-order valence-electron chi connectivity index (χ4n) is 4.10. The van der Waals surface area contributed by atoms with E-state index in [0.717, 1.165) is 22.3 Å². The maximum absolute atomic E-state index is 13.6. The normalized spacial score (nSPS) is 16.0. The summed E-state index contributed by atoms with van der Waals surface area (Å²) >= 11 is 0. The molecule has 0 amide bonds. The first-order valence-electron chi connectivity index (χ1n) is 11.5. The van der Waals surface area contributed by atoms with Crippen LogP contribution in [0.3, 0.4) is 0 Å². The number of hydrogen-bond acceptors (Lipinski definition) is 6. The lowest BCUT2D eigenvalue weighted by Crippen LogP contribution is -2.45. The highest BCUT2D eigenvalue weighted by Crippen LogP contribution is 2.38. The summed E-state index contributed by atoms with van der Waals surface area (Å²) in [7, 11) is 1.52. The number of aliphatic hydroxyl groups excluding tert-OH is 1. The Morgan fingerprint density at radius 2 is 2.06 bits per heavy atom. The Morgan fingerprint density at radius 1 is 1.33 bits per heavy atom. The molecule has 0 fully saturated rings. The van der Waals surface area contributed by atoms with Gasteiger partial charge in [-0.15, -0.1) is 0 Å². The summed E-state index contributed by atoms with van der Waals surface area (Å²) in [6.45, 7) is 6.91. The van der Waals surface area contributed by atoms with Crippen LogP contribution in [0.15, 0.2) is 56.4 Å². The number of allylic oxidation sites excluding steroid dienone is 2. The fourth-order valence-corrected chi connectivity index (χ4v) is 4.10. The van der Waals surface area contributed by atoms with E-state index in [2.05, 4.69) is 17.0 Å². The van der Waals surface area contributed by atoms with Crippen molar-refractivity contribution in [1.29, 1.82) is 0 Å². The molecule has 2 heterocycles. The Kier molecular flexibility index (Phi) is 8.24. The summed E-state index contributed by atoms with van der Waals surface area (Å²) in [5, 5.41) is 12.3. The third kappa shape index (κ3) is 5.46. The van der Waals surface area contributed by atoms with Gasteiger partial charge in [0.25, 0.3) is 5.56 Å². The maximum Gasteiger partial charge on any atom is 0.416 e. The van der Waals surface area contributed by atoms with Crippen LogP contribution >= 0.6 is 0 Å². The zero-order valence-electron chi connectivity index (χ0n) is 20.4. The van der Waals surface area contributed by atoms with Crippen LogP contribution in [0.25, 0.3) is 5.57 Å². The first-order chi connectivity index (χ1) is 17.0. The summed E-state index contributed by atoms with van der Waals surface area (Å²) in [6, 6.07) is 3.93. The van der Waals surface area contributed by atoms with E-state index in [0.29, 0.717) is 12.0 Å². The van der Waals surface area contributed by atoms with Gasteiger partial charge in [-0.3, -0.25) is 18.9 Å². The van der Waals surface area contributed by atoms with Gasteiger partial charge in [-0.2, -0.15) is 13.2 Å². The number of rotatable bonds is 9. The van der Waals surface area contributed by atoms with Crippen molar-refractivity contribution in [1.82, 2.24) is 9.13 Å². The van der Waals surface area contributed by atoms with Gasteiger partial charge in [-0.25, -0.2) is 4.79 Å². The summed E-state index contributed by atoms with van der Waals surface area (Å²) in [4.78, 5) is 30.3. The molecule has 1 aromatic carbocycles. The van der Waals surface area contributed by atoms with Gasteiger partial charge in [0, 0.05) is 32.0 Å². The van der Waals surface area contributed by atoms with Gasteiger partial charge < -0.3 is 15.2 Å². The fraction of sp³-hybridized carbons (Fsp3) is 0.400. The highest BCUT2D eigenvalue weighted by Gasteiger charge is 2.33. The van der Waals surface area contributed by atoms with E-state index < -0.39 is 29.0 Å². The molecule has 36 heavy (non-hydrogen) atoms. The third-order valence-corrected chi connectivity index (χ3v) is 5.96. The zero-order valence-corrected chi connectivity index (χ0v) is 20.4. The van der Waals surface area contributed by atoms with Gasteiger partial charge in [-0.1, -0.05) is 13.0 Å². The minimum absolute atomic E-state index is 0.00657. The number of benzene rings is 1. The molecule has 194 valence electrons. The predicted octanol–water partition coefficient (Wildman–Crippen LogP) is 3.94. The highest BCUT2D eigenvalue weighted by atomic mass is 19.4. The predicted molar refractivity (Wildman–Crippen MR) is 132 cm³/mol. The average Bonchev–Trinajstić information content (AvgIpc) is 2.83. The smallest absolute Gasteiger partial charge is 0.416 e. The van der Waals surface area contributed by atoms with Gasteiger partial charge in [0.05, 0.1) is 17.2 Å². The number of halogens is 3. The van der Waals surface area contributed by atoms with Crippen LogP contribution < -0.4 is 21.3 Å². The van der Waals surface area contributed by atoms with E-state index in [1.165, 1.54) is 23.7 Å². The average molecular weight is 507 g/mol. The maximum atomic E-state index is 13.6. The van der Waals surface area contributed by atoms with Crippen LogP contribution in [0.1, 0.15) is 44.2 Å². The van der Waals surface area contributed by atoms with E-state index in [-0.39, 0.29) is 48.9 Å². The van der Waals surface area contributed by atoms with Gasteiger partial charge in [-0.05, 0) is 56.7 Å². The van der Waals surface area contributed by atoms with Crippen LogP contribution in [0.4, 0.5) is 19.0 Å². The van der Waals surface area contributed by atoms with E-state index in [4.69, 9.17) is 4.74 Å². The second kappa shape index (κ2) is 11.0. The lowest BCUT2D eigenvalue weighted by atomic mass is 9.92. The van der Waals surface area contributed by atoms with Crippen LogP contribution in [0, 0.1) is 0 Å². The summed E-state index contributed by atoms with van der Waals surface area (Å²) in [5.74, 6) is 0.504. The molecule has 1 atom stereocenters.